The van der Waals surface area contributed by atoms with E-state index in [1.807, 2.05) is 37.1 Å². The number of benzene rings is 1. The van der Waals surface area contributed by atoms with Crippen molar-refractivity contribution in [3.8, 4) is 0 Å². The molecular formula is C12H14N2O2. The number of anilines is 1. The second kappa shape index (κ2) is 3.96. The summed E-state index contributed by atoms with van der Waals surface area (Å²) in [7, 11) is 1.88. The molecule has 0 aliphatic heterocycles. The molecule has 1 heterocycles. The van der Waals surface area contributed by atoms with Gasteiger partial charge in [0.2, 0.25) is 0 Å². The molecule has 0 bridgehead atoms. The van der Waals surface area contributed by atoms with Gasteiger partial charge in [0, 0.05) is 19.7 Å². The lowest BCUT2D eigenvalue weighted by Crippen LogP contribution is -2.23. The number of hydrogen-bond acceptors (Lipinski definition) is 4. The van der Waals surface area contributed by atoms with Crippen LogP contribution in [-0.2, 0) is 4.79 Å². The molecule has 2 aromatic rings. The van der Waals surface area contributed by atoms with Crippen LogP contribution in [0, 0.1) is 6.92 Å². The Morgan fingerprint density at radius 2 is 2.25 bits per heavy atom. The molecule has 0 atom stereocenters. The highest BCUT2D eigenvalue weighted by Crippen LogP contribution is 2.21. The second-order valence-corrected chi connectivity index (χ2v) is 3.94. The minimum Gasteiger partial charge on any atom is -0.441 e. The number of ketones is 1. The molecule has 0 saturated heterocycles. The smallest absolute Gasteiger partial charge is 0.192 e. The first kappa shape index (κ1) is 10.7. The molecule has 84 valence electrons. The Kier molecular flexibility index (Phi) is 2.64. The van der Waals surface area contributed by atoms with Crippen LogP contribution in [0.1, 0.15) is 12.8 Å². The first-order valence-electron chi connectivity index (χ1n) is 5.14. The van der Waals surface area contributed by atoms with Crippen molar-refractivity contribution in [3.05, 3.63) is 24.1 Å². The minimum absolute atomic E-state index is 0.138. The van der Waals surface area contributed by atoms with Gasteiger partial charge in [-0.2, -0.15) is 0 Å². The quantitative estimate of drug-likeness (QED) is 0.792. The van der Waals surface area contributed by atoms with Gasteiger partial charge in [0.1, 0.15) is 11.3 Å². The predicted octanol–water partition coefficient (Wildman–Crippen LogP) is 2.16. The van der Waals surface area contributed by atoms with Gasteiger partial charge in [0.05, 0.1) is 6.54 Å². The number of rotatable bonds is 3. The van der Waals surface area contributed by atoms with Crippen LogP contribution in [-0.4, -0.2) is 24.4 Å². The molecule has 4 heteroatoms. The van der Waals surface area contributed by atoms with Gasteiger partial charge in [-0.3, -0.25) is 4.79 Å². The van der Waals surface area contributed by atoms with E-state index < -0.39 is 0 Å². The molecule has 1 aromatic carbocycles. The molecule has 16 heavy (non-hydrogen) atoms. The number of Topliss-reactive ketones (excluding diaryl/α,β-unsaturated/α-hetero) is 1. The summed E-state index contributed by atoms with van der Waals surface area (Å²) < 4.78 is 5.39. The summed E-state index contributed by atoms with van der Waals surface area (Å²) in [6, 6.07) is 5.73. The zero-order valence-electron chi connectivity index (χ0n) is 9.65. The molecule has 0 spiro atoms. The van der Waals surface area contributed by atoms with E-state index in [-0.39, 0.29) is 5.78 Å². The average molecular weight is 218 g/mol. The molecule has 0 amide bonds. The van der Waals surface area contributed by atoms with Crippen LogP contribution in [0.25, 0.3) is 11.1 Å². The van der Waals surface area contributed by atoms with Crippen LogP contribution < -0.4 is 4.90 Å². The van der Waals surface area contributed by atoms with Gasteiger partial charge in [-0.15, -0.1) is 0 Å². The normalized spacial score (nSPS) is 10.7. The lowest BCUT2D eigenvalue weighted by molar-refractivity contribution is -0.115. The highest BCUT2D eigenvalue weighted by molar-refractivity contribution is 5.83. The third kappa shape index (κ3) is 2.05. The zero-order chi connectivity index (χ0) is 11.7. The van der Waals surface area contributed by atoms with Gasteiger partial charge in [-0.1, -0.05) is 0 Å². The van der Waals surface area contributed by atoms with Crippen molar-refractivity contribution in [3.63, 3.8) is 0 Å². The first-order chi connectivity index (χ1) is 7.56. The largest absolute Gasteiger partial charge is 0.441 e. The van der Waals surface area contributed by atoms with Crippen molar-refractivity contribution < 1.29 is 9.21 Å². The Morgan fingerprint density at radius 1 is 1.50 bits per heavy atom. The molecule has 4 nitrogen and oxygen atoms in total. The summed E-state index contributed by atoms with van der Waals surface area (Å²) in [4.78, 5) is 17.2. The van der Waals surface area contributed by atoms with Crippen molar-refractivity contribution >= 4 is 22.6 Å². The van der Waals surface area contributed by atoms with E-state index in [4.69, 9.17) is 4.42 Å². The Hall–Kier alpha value is -1.84. The van der Waals surface area contributed by atoms with E-state index in [9.17, 15) is 4.79 Å². The molecule has 0 saturated carbocycles. The summed E-state index contributed by atoms with van der Waals surface area (Å²) in [6.07, 6.45) is 0. The number of nitrogens with zero attached hydrogens (tertiary/aromatic N) is 2. The molecule has 0 aliphatic rings. The predicted molar refractivity (Wildman–Crippen MR) is 62.7 cm³/mol. The number of likely N-dealkylation sites (N-methyl/N-ethyl adjacent to an activating group) is 1. The standard InChI is InChI=1S/C12H14N2O2/c1-8(15)7-14(3)10-4-5-12-11(6-10)13-9(2)16-12/h4-6H,7H2,1-3H3. The Morgan fingerprint density at radius 3 is 2.94 bits per heavy atom. The highest BCUT2D eigenvalue weighted by atomic mass is 16.3. The van der Waals surface area contributed by atoms with E-state index in [0.717, 1.165) is 16.8 Å². The van der Waals surface area contributed by atoms with Crippen LogP contribution in [0.15, 0.2) is 22.6 Å². The summed E-state index contributed by atoms with van der Waals surface area (Å²) in [5, 5.41) is 0. The van der Waals surface area contributed by atoms with Crippen LogP contribution in [0.5, 0.6) is 0 Å². The van der Waals surface area contributed by atoms with E-state index in [1.54, 1.807) is 6.92 Å². The third-order valence-corrected chi connectivity index (χ3v) is 2.38. The fourth-order valence-electron chi connectivity index (χ4n) is 1.69. The number of aromatic nitrogens is 1. The molecule has 0 fully saturated rings. The fourth-order valence-corrected chi connectivity index (χ4v) is 1.69. The van der Waals surface area contributed by atoms with Crippen LogP contribution in [0.2, 0.25) is 0 Å². The number of hydrogen-bond donors (Lipinski definition) is 0. The number of carbonyl (C=O) groups is 1. The molecule has 1 aromatic heterocycles. The molecular weight excluding hydrogens is 204 g/mol. The maximum absolute atomic E-state index is 11.0. The summed E-state index contributed by atoms with van der Waals surface area (Å²) in [5.74, 6) is 0.792. The third-order valence-electron chi connectivity index (χ3n) is 2.38. The molecule has 0 radical (unpaired) electrons. The van der Waals surface area contributed by atoms with Gasteiger partial charge in [-0.05, 0) is 25.1 Å². The highest BCUT2D eigenvalue weighted by Gasteiger charge is 2.07. The van der Waals surface area contributed by atoms with E-state index in [1.165, 1.54) is 0 Å². The van der Waals surface area contributed by atoms with E-state index in [0.29, 0.717) is 12.4 Å². The first-order valence-corrected chi connectivity index (χ1v) is 5.14. The van der Waals surface area contributed by atoms with E-state index in [2.05, 4.69) is 4.98 Å². The number of oxazole rings is 1. The van der Waals surface area contributed by atoms with Crippen molar-refractivity contribution in [1.82, 2.24) is 4.98 Å². The average Bonchev–Trinajstić information content (AvgIpc) is 2.55. The van der Waals surface area contributed by atoms with Crippen LogP contribution >= 0.6 is 0 Å². The van der Waals surface area contributed by atoms with Gasteiger partial charge in [0.25, 0.3) is 0 Å². The fraction of sp³-hybridized carbons (Fsp3) is 0.333. The number of carbonyl (C=O) groups excluding carboxylic acids is 1. The monoisotopic (exact) mass is 218 g/mol. The van der Waals surface area contributed by atoms with Crippen molar-refractivity contribution in [1.29, 1.82) is 0 Å². The van der Waals surface area contributed by atoms with Crippen molar-refractivity contribution in [2.75, 3.05) is 18.5 Å². The number of aryl methyl sites for hydroxylation is 1. The maximum atomic E-state index is 11.0. The van der Waals surface area contributed by atoms with E-state index >= 15 is 0 Å². The lowest BCUT2D eigenvalue weighted by atomic mass is 10.2. The molecule has 0 N–H and O–H groups in total. The summed E-state index contributed by atoms with van der Waals surface area (Å²) >= 11 is 0. The SMILES string of the molecule is CC(=O)CN(C)c1ccc2oc(C)nc2c1. The molecule has 0 unspecified atom stereocenters. The van der Waals surface area contributed by atoms with Crippen molar-refractivity contribution in [2.45, 2.75) is 13.8 Å². The summed E-state index contributed by atoms with van der Waals surface area (Å²) in [6.45, 7) is 3.80. The van der Waals surface area contributed by atoms with Gasteiger partial charge in [-0.25, -0.2) is 4.98 Å². The molecule has 2 rings (SSSR count). The Balaban J connectivity index is 2.34. The zero-order valence-corrected chi connectivity index (χ0v) is 9.65. The maximum Gasteiger partial charge on any atom is 0.192 e. The molecule has 0 aliphatic carbocycles. The van der Waals surface area contributed by atoms with Gasteiger partial charge in [0.15, 0.2) is 11.5 Å². The second-order valence-electron chi connectivity index (χ2n) is 3.94. The van der Waals surface area contributed by atoms with Crippen molar-refractivity contribution in [2.24, 2.45) is 0 Å². The van der Waals surface area contributed by atoms with Gasteiger partial charge < -0.3 is 9.32 Å². The Bertz CT molecular complexity index is 531. The Labute approximate surface area is 93.9 Å². The van der Waals surface area contributed by atoms with Crippen LogP contribution in [0.4, 0.5) is 5.69 Å². The van der Waals surface area contributed by atoms with Crippen LogP contribution in [0.3, 0.4) is 0 Å². The van der Waals surface area contributed by atoms with Gasteiger partial charge >= 0.3 is 0 Å². The topological polar surface area (TPSA) is 46.3 Å². The lowest BCUT2D eigenvalue weighted by Gasteiger charge is -2.16. The summed E-state index contributed by atoms with van der Waals surface area (Å²) in [5.41, 5.74) is 2.57. The number of fused-ring (bicyclic) bond motifs is 1. The minimum atomic E-state index is 0.138.